The molecule has 0 amide bonds. The second-order valence-electron chi connectivity index (χ2n) is 4.44. The molecule has 1 heterocycles. The third-order valence-corrected chi connectivity index (χ3v) is 2.97. The largest absolute Gasteiger partial charge is 0.423 e. The average Bonchev–Trinajstić information content (AvgIpc) is 3.10. The molecule has 0 fully saturated rings. The van der Waals surface area contributed by atoms with E-state index in [0.29, 0.717) is 11.4 Å². The molecule has 114 valence electrons. The Morgan fingerprint density at radius 2 is 1.78 bits per heavy atom. The van der Waals surface area contributed by atoms with Crippen LogP contribution in [0.25, 0.3) is 5.69 Å². The van der Waals surface area contributed by atoms with Crippen LogP contribution in [0.5, 0.6) is 5.75 Å². The second-order valence-corrected chi connectivity index (χ2v) is 4.44. The lowest BCUT2D eigenvalue weighted by molar-refractivity contribution is -0.384. The van der Waals surface area contributed by atoms with Crippen LogP contribution in [0.1, 0.15) is 10.4 Å². The molecule has 23 heavy (non-hydrogen) atoms. The maximum atomic E-state index is 12.0. The van der Waals surface area contributed by atoms with Gasteiger partial charge in [0.1, 0.15) is 12.1 Å². The van der Waals surface area contributed by atoms with Gasteiger partial charge in [0.25, 0.3) is 5.69 Å². The lowest BCUT2D eigenvalue weighted by Gasteiger charge is -2.05. The molecule has 1 aromatic heterocycles. The van der Waals surface area contributed by atoms with Gasteiger partial charge in [0.2, 0.25) is 0 Å². The number of ether oxygens (including phenoxy) is 1. The number of hydrogen-bond donors (Lipinski definition) is 0. The maximum Gasteiger partial charge on any atom is 0.343 e. The molecular formula is C14H9N5O4. The highest BCUT2D eigenvalue weighted by Crippen LogP contribution is 2.17. The van der Waals surface area contributed by atoms with Gasteiger partial charge in [0.15, 0.2) is 0 Å². The summed E-state index contributed by atoms with van der Waals surface area (Å²) < 4.78 is 6.66. The highest BCUT2D eigenvalue weighted by atomic mass is 16.6. The number of nitro groups is 1. The number of tetrazole rings is 1. The predicted molar refractivity (Wildman–Crippen MR) is 77.2 cm³/mol. The van der Waals surface area contributed by atoms with Crippen molar-refractivity contribution in [2.75, 3.05) is 0 Å². The molecule has 9 nitrogen and oxygen atoms in total. The molecule has 0 saturated carbocycles. The van der Waals surface area contributed by atoms with Crippen LogP contribution in [0.2, 0.25) is 0 Å². The van der Waals surface area contributed by atoms with Crippen LogP contribution in [0.3, 0.4) is 0 Å². The maximum absolute atomic E-state index is 12.0. The molecule has 2 aromatic carbocycles. The Morgan fingerprint density at radius 1 is 1.09 bits per heavy atom. The molecule has 0 atom stereocenters. The Bertz CT molecular complexity index is 829. The van der Waals surface area contributed by atoms with Crippen molar-refractivity contribution in [3.05, 3.63) is 70.5 Å². The van der Waals surface area contributed by atoms with E-state index >= 15 is 0 Å². The lowest BCUT2D eigenvalue weighted by atomic mass is 10.2. The van der Waals surface area contributed by atoms with Gasteiger partial charge in [-0.15, -0.1) is 5.10 Å². The van der Waals surface area contributed by atoms with Crippen molar-refractivity contribution >= 4 is 11.7 Å². The first-order valence-electron chi connectivity index (χ1n) is 6.43. The van der Waals surface area contributed by atoms with E-state index in [-0.39, 0.29) is 11.3 Å². The van der Waals surface area contributed by atoms with Crippen molar-refractivity contribution in [2.45, 2.75) is 0 Å². The van der Waals surface area contributed by atoms with Crippen molar-refractivity contribution in [1.29, 1.82) is 0 Å². The van der Waals surface area contributed by atoms with Crippen molar-refractivity contribution in [1.82, 2.24) is 20.2 Å². The molecule has 3 rings (SSSR count). The van der Waals surface area contributed by atoms with Crippen molar-refractivity contribution in [3.63, 3.8) is 0 Å². The molecule has 9 heteroatoms. The SMILES string of the molecule is O=C(Oc1ccc(-n2cnnn2)cc1)c1ccc([N+](=O)[O-])cc1. The summed E-state index contributed by atoms with van der Waals surface area (Å²) >= 11 is 0. The molecule has 0 N–H and O–H groups in total. The summed E-state index contributed by atoms with van der Waals surface area (Å²) in [5.41, 5.74) is 0.845. The standard InChI is InChI=1S/C14H9N5O4/c20-14(10-1-3-12(4-2-10)19(21)22)23-13-7-5-11(6-8-13)18-9-15-16-17-18/h1-9H. The number of aromatic nitrogens is 4. The number of rotatable bonds is 4. The van der Waals surface area contributed by atoms with Crippen molar-refractivity contribution in [3.8, 4) is 11.4 Å². The zero-order valence-electron chi connectivity index (χ0n) is 11.6. The summed E-state index contributed by atoms with van der Waals surface area (Å²) in [6.45, 7) is 0. The van der Waals surface area contributed by atoms with Gasteiger partial charge in [0.05, 0.1) is 16.2 Å². The van der Waals surface area contributed by atoms with Crippen LogP contribution in [0.15, 0.2) is 54.9 Å². The molecule has 0 spiro atoms. The van der Waals surface area contributed by atoms with Gasteiger partial charge in [-0.25, -0.2) is 9.48 Å². The number of carbonyl (C=O) groups is 1. The van der Waals surface area contributed by atoms with Crippen LogP contribution in [-0.4, -0.2) is 31.1 Å². The van der Waals surface area contributed by atoms with E-state index in [2.05, 4.69) is 15.5 Å². The van der Waals surface area contributed by atoms with Gasteiger partial charge in [-0.3, -0.25) is 10.1 Å². The van der Waals surface area contributed by atoms with E-state index in [1.54, 1.807) is 24.3 Å². The Hall–Kier alpha value is -3.62. The summed E-state index contributed by atoms with van der Waals surface area (Å²) in [5.74, 6) is -0.264. The van der Waals surface area contributed by atoms with Crippen LogP contribution in [0, 0.1) is 10.1 Å². The van der Waals surface area contributed by atoms with Gasteiger partial charge in [-0.2, -0.15) is 0 Å². The first kappa shape index (κ1) is 14.3. The van der Waals surface area contributed by atoms with E-state index in [9.17, 15) is 14.9 Å². The first-order valence-corrected chi connectivity index (χ1v) is 6.43. The summed E-state index contributed by atoms with van der Waals surface area (Å²) in [5, 5.41) is 21.4. The molecule has 0 aliphatic heterocycles. The Balaban J connectivity index is 1.71. The topological polar surface area (TPSA) is 113 Å². The Kier molecular flexibility index (Phi) is 3.75. The predicted octanol–water partition coefficient (Wildman–Crippen LogP) is 1.79. The molecule has 0 aliphatic rings. The lowest BCUT2D eigenvalue weighted by Crippen LogP contribution is -2.08. The quantitative estimate of drug-likeness (QED) is 0.312. The summed E-state index contributed by atoms with van der Waals surface area (Å²) in [6, 6.07) is 11.8. The minimum absolute atomic E-state index is 0.0904. The number of nitrogens with zero attached hydrogens (tertiary/aromatic N) is 5. The molecular weight excluding hydrogens is 302 g/mol. The highest BCUT2D eigenvalue weighted by molar-refractivity contribution is 5.91. The molecule has 0 saturated heterocycles. The molecule has 0 aliphatic carbocycles. The molecule has 0 radical (unpaired) electrons. The zero-order valence-corrected chi connectivity index (χ0v) is 11.6. The van der Waals surface area contributed by atoms with Gasteiger partial charge in [-0.05, 0) is 46.8 Å². The van der Waals surface area contributed by atoms with Crippen LogP contribution in [-0.2, 0) is 0 Å². The number of nitro benzene ring substituents is 1. The monoisotopic (exact) mass is 311 g/mol. The van der Waals surface area contributed by atoms with E-state index < -0.39 is 10.9 Å². The fraction of sp³-hybridized carbons (Fsp3) is 0. The molecule has 3 aromatic rings. The summed E-state index contributed by atoms with van der Waals surface area (Å²) in [7, 11) is 0. The van der Waals surface area contributed by atoms with E-state index in [0.717, 1.165) is 0 Å². The van der Waals surface area contributed by atoms with Crippen molar-refractivity contribution in [2.24, 2.45) is 0 Å². The van der Waals surface area contributed by atoms with Gasteiger partial charge >= 0.3 is 5.97 Å². The second kappa shape index (κ2) is 6.02. The Morgan fingerprint density at radius 3 is 2.35 bits per heavy atom. The third kappa shape index (κ3) is 3.18. The van der Waals surface area contributed by atoms with Gasteiger partial charge in [-0.1, -0.05) is 0 Å². The number of non-ortho nitro benzene ring substituents is 1. The van der Waals surface area contributed by atoms with Crippen LogP contribution >= 0.6 is 0 Å². The number of carbonyl (C=O) groups excluding carboxylic acids is 1. The van der Waals surface area contributed by atoms with E-state index in [4.69, 9.17) is 4.74 Å². The van der Waals surface area contributed by atoms with Gasteiger partial charge < -0.3 is 4.74 Å². The first-order chi connectivity index (χ1) is 11.1. The van der Waals surface area contributed by atoms with E-state index in [1.807, 2.05) is 0 Å². The minimum Gasteiger partial charge on any atom is -0.423 e. The fourth-order valence-electron chi connectivity index (χ4n) is 1.83. The average molecular weight is 311 g/mol. The van der Waals surface area contributed by atoms with E-state index in [1.165, 1.54) is 35.3 Å². The smallest absolute Gasteiger partial charge is 0.343 e. The van der Waals surface area contributed by atoms with Crippen LogP contribution in [0.4, 0.5) is 5.69 Å². The number of benzene rings is 2. The summed E-state index contributed by atoms with van der Waals surface area (Å²) in [4.78, 5) is 22.0. The number of hydrogen-bond acceptors (Lipinski definition) is 7. The highest BCUT2D eigenvalue weighted by Gasteiger charge is 2.11. The molecule has 0 unspecified atom stereocenters. The normalized spacial score (nSPS) is 10.3. The zero-order chi connectivity index (χ0) is 16.2. The van der Waals surface area contributed by atoms with Crippen LogP contribution < -0.4 is 4.74 Å². The Labute approximate surface area is 129 Å². The van der Waals surface area contributed by atoms with Gasteiger partial charge in [0, 0.05) is 12.1 Å². The number of esters is 1. The fourth-order valence-corrected chi connectivity index (χ4v) is 1.83. The minimum atomic E-state index is -0.602. The molecule has 0 bridgehead atoms. The van der Waals surface area contributed by atoms with Crippen molar-refractivity contribution < 1.29 is 14.5 Å². The summed E-state index contributed by atoms with van der Waals surface area (Å²) in [6.07, 6.45) is 1.44. The third-order valence-electron chi connectivity index (χ3n) is 2.97.